The number of hydrogen-bond donors (Lipinski definition) is 1. The molecule has 0 spiro atoms. The molecule has 1 aromatic heterocycles. The second-order valence-electron chi connectivity index (χ2n) is 4.43. The van der Waals surface area contributed by atoms with Crippen LogP contribution in [0, 0.1) is 0 Å². The van der Waals surface area contributed by atoms with Gasteiger partial charge in [0.1, 0.15) is 0 Å². The Labute approximate surface area is 100 Å². The van der Waals surface area contributed by atoms with Crippen LogP contribution in [0.2, 0.25) is 0 Å². The molecule has 1 saturated carbocycles. The SMILES string of the molecule is CCCSCc1noc(C2(N)CCCC2)n1. The first kappa shape index (κ1) is 11.9. The van der Waals surface area contributed by atoms with Crippen molar-refractivity contribution in [3.63, 3.8) is 0 Å². The third kappa shape index (κ3) is 2.58. The lowest BCUT2D eigenvalue weighted by Gasteiger charge is -2.17. The summed E-state index contributed by atoms with van der Waals surface area (Å²) in [4.78, 5) is 4.41. The van der Waals surface area contributed by atoms with Gasteiger partial charge in [-0.1, -0.05) is 24.9 Å². The molecular formula is C11H19N3OS. The van der Waals surface area contributed by atoms with Crippen LogP contribution in [-0.2, 0) is 11.3 Å². The Kier molecular flexibility index (Phi) is 3.86. The molecule has 2 N–H and O–H groups in total. The summed E-state index contributed by atoms with van der Waals surface area (Å²) in [5.74, 6) is 3.38. The van der Waals surface area contributed by atoms with Crippen LogP contribution < -0.4 is 5.73 Å². The molecule has 0 unspecified atom stereocenters. The van der Waals surface area contributed by atoms with E-state index in [1.165, 1.54) is 19.3 Å². The molecule has 0 amide bonds. The largest absolute Gasteiger partial charge is 0.337 e. The third-order valence-corrected chi connectivity index (χ3v) is 4.13. The van der Waals surface area contributed by atoms with Crippen molar-refractivity contribution in [2.24, 2.45) is 5.73 Å². The molecule has 4 nitrogen and oxygen atoms in total. The lowest BCUT2D eigenvalue weighted by molar-refractivity contribution is 0.284. The van der Waals surface area contributed by atoms with Gasteiger partial charge in [0.2, 0.25) is 5.89 Å². The predicted molar refractivity (Wildman–Crippen MR) is 65.1 cm³/mol. The lowest BCUT2D eigenvalue weighted by atomic mass is 10.00. The van der Waals surface area contributed by atoms with Crippen molar-refractivity contribution in [1.29, 1.82) is 0 Å². The second-order valence-corrected chi connectivity index (χ2v) is 5.54. The van der Waals surface area contributed by atoms with Gasteiger partial charge in [-0.15, -0.1) is 0 Å². The summed E-state index contributed by atoms with van der Waals surface area (Å²) < 4.78 is 5.28. The maximum absolute atomic E-state index is 6.25. The Bertz CT molecular complexity index is 334. The third-order valence-electron chi connectivity index (χ3n) is 2.97. The molecule has 0 aliphatic heterocycles. The number of nitrogens with two attached hydrogens (primary N) is 1. The van der Waals surface area contributed by atoms with Crippen LogP contribution in [0.4, 0.5) is 0 Å². The van der Waals surface area contributed by atoms with E-state index in [1.54, 1.807) is 0 Å². The van der Waals surface area contributed by atoms with Crippen molar-refractivity contribution < 1.29 is 4.52 Å². The molecule has 1 aliphatic carbocycles. The van der Waals surface area contributed by atoms with E-state index >= 15 is 0 Å². The van der Waals surface area contributed by atoms with Gasteiger partial charge in [-0.25, -0.2) is 0 Å². The van der Waals surface area contributed by atoms with E-state index in [4.69, 9.17) is 10.3 Å². The summed E-state index contributed by atoms with van der Waals surface area (Å²) >= 11 is 1.84. The van der Waals surface area contributed by atoms with Gasteiger partial charge in [-0.05, 0) is 25.0 Å². The summed E-state index contributed by atoms with van der Waals surface area (Å²) in [5, 5.41) is 3.99. The number of aromatic nitrogens is 2. The molecule has 16 heavy (non-hydrogen) atoms. The molecule has 5 heteroatoms. The number of nitrogens with zero attached hydrogens (tertiary/aromatic N) is 2. The van der Waals surface area contributed by atoms with Gasteiger partial charge in [0.15, 0.2) is 5.82 Å². The minimum absolute atomic E-state index is 0.347. The Balaban J connectivity index is 1.96. The topological polar surface area (TPSA) is 64.9 Å². The maximum Gasteiger partial charge on any atom is 0.246 e. The minimum atomic E-state index is -0.347. The Hall–Kier alpha value is -0.550. The smallest absolute Gasteiger partial charge is 0.246 e. The quantitative estimate of drug-likeness (QED) is 0.802. The molecule has 1 aliphatic rings. The number of thioether (sulfide) groups is 1. The van der Waals surface area contributed by atoms with Crippen LogP contribution in [0.5, 0.6) is 0 Å². The lowest BCUT2D eigenvalue weighted by Crippen LogP contribution is -2.33. The number of rotatable bonds is 5. The van der Waals surface area contributed by atoms with Crippen molar-refractivity contribution in [1.82, 2.24) is 10.1 Å². The van der Waals surface area contributed by atoms with Crippen molar-refractivity contribution in [3.8, 4) is 0 Å². The molecule has 0 atom stereocenters. The summed E-state index contributed by atoms with van der Waals surface area (Å²) in [6.07, 6.45) is 5.45. The van der Waals surface area contributed by atoms with Gasteiger partial charge >= 0.3 is 0 Å². The fourth-order valence-electron chi connectivity index (χ4n) is 2.04. The molecule has 0 aromatic carbocycles. The second kappa shape index (κ2) is 5.19. The summed E-state index contributed by atoms with van der Waals surface area (Å²) in [6.45, 7) is 2.17. The van der Waals surface area contributed by atoms with Gasteiger partial charge in [0.25, 0.3) is 0 Å². The Morgan fingerprint density at radius 3 is 2.88 bits per heavy atom. The monoisotopic (exact) mass is 241 g/mol. The van der Waals surface area contributed by atoms with Crippen LogP contribution in [0.3, 0.4) is 0 Å². The highest BCUT2D eigenvalue weighted by atomic mass is 32.2. The fourth-order valence-corrected chi connectivity index (χ4v) is 2.78. The van der Waals surface area contributed by atoms with Gasteiger partial charge in [-0.3, -0.25) is 0 Å². The molecule has 90 valence electrons. The highest BCUT2D eigenvalue weighted by molar-refractivity contribution is 7.98. The van der Waals surface area contributed by atoms with E-state index in [-0.39, 0.29) is 5.54 Å². The average molecular weight is 241 g/mol. The van der Waals surface area contributed by atoms with E-state index in [0.29, 0.717) is 5.89 Å². The Morgan fingerprint density at radius 1 is 1.44 bits per heavy atom. The van der Waals surface area contributed by atoms with Crippen LogP contribution in [-0.4, -0.2) is 15.9 Å². The van der Waals surface area contributed by atoms with E-state index in [1.807, 2.05) is 11.8 Å². The van der Waals surface area contributed by atoms with Gasteiger partial charge < -0.3 is 10.3 Å². The molecule has 1 heterocycles. The van der Waals surface area contributed by atoms with E-state index in [2.05, 4.69) is 17.1 Å². The molecule has 0 radical (unpaired) electrons. The summed E-state index contributed by atoms with van der Waals surface area (Å²) in [7, 11) is 0. The minimum Gasteiger partial charge on any atom is -0.337 e. The van der Waals surface area contributed by atoms with Crippen molar-refractivity contribution in [3.05, 3.63) is 11.7 Å². The standard InChI is InChI=1S/C11H19N3OS/c1-2-7-16-8-9-13-10(15-14-9)11(12)5-3-4-6-11/h2-8,12H2,1H3. The van der Waals surface area contributed by atoms with E-state index in [9.17, 15) is 0 Å². The first-order chi connectivity index (χ1) is 7.74. The average Bonchev–Trinajstić information content (AvgIpc) is 2.88. The predicted octanol–water partition coefficient (Wildman–Crippen LogP) is 2.44. The van der Waals surface area contributed by atoms with Crippen LogP contribution in [0.15, 0.2) is 4.52 Å². The molecule has 1 aromatic rings. The van der Waals surface area contributed by atoms with Crippen LogP contribution in [0.25, 0.3) is 0 Å². The van der Waals surface area contributed by atoms with Gasteiger partial charge in [-0.2, -0.15) is 16.7 Å². The summed E-state index contributed by atoms with van der Waals surface area (Å²) in [5.41, 5.74) is 5.90. The zero-order valence-electron chi connectivity index (χ0n) is 9.74. The first-order valence-corrected chi connectivity index (χ1v) is 7.10. The molecule has 1 fully saturated rings. The van der Waals surface area contributed by atoms with Crippen molar-refractivity contribution >= 4 is 11.8 Å². The van der Waals surface area contributed by atoms with Crippen molar-refractivity contribution in [2.45, 2.75) is 50.3 Å². The normalized spacial score (nSPS) is 19.1. The molecule has 0 saturated heterocycles. The highest BCUT2D eigenvalue weighted by Crippen LogP contribution is 2.35. The molecular weight excluding hydrogens is 222 g/mol. The highest BCUT2D eigenvalue weighted by Gasteiger charge is 2.36. The van der Waals surface area contributed by atoms with Crippen molar-refractivity contribution in [2.75, 3.05) is 5.75 Å². The van der Waals surface area contributed by atoms with Crippen LogP contribution >= 0.6 is 11.8 Å². The Morgan fingerprint density at radius 2 is 2.19 bits per heavy atom. The number of hydrogen-bond acceptors (Lipinski definition) is 5. The zero-order chi connectivity index (χ0) is 11.4. The van der Waals surface area contributed by atoms with E-state index in [0.717, 1.165) is 30.2 Å². The summed E-state index contributed by atoms with van der Waals surface area (Å²) in [6, 6.07) is 0. The van der Waals surface area contributed by atoms with Crippen LogP contribution in [0.1, 0.15) is 50.7 Å². The van der Waals surface area contributed by atoms with E-state index < -0.39 is 0 Å². The first-order valence-electron chi connectivity index (χ1n) is 5.94. The van der Waals surface area contributed by atoms with Gasteiger partial charge in [0.05, 0.1) is 11.3 Å². The van der Waals surface area contributed by atoms with Gasteiger partial charge in [0, 0.05) is 0 Å². The maximum atomic E-state index is 6.25. The fraction of sp³-hybridized carbons (Fsp3) is 0.818. The molecule has 0 bridgehead atoms. The molecule has 2 rings (SSSR count). The zero-order valence-corrected chi connectivity index (χ0v) is 10.6.